The molecule has 0 spiro atoms. The molecule has 0 aliphatic carbocycles. The van der Waals surface area contributed by atoms with Gasteiger partial charge in [0.2, 0.25) is 0 Å². The molecule has 1 unspecified atom stereocenters. The van der Waals surface area contributed by atoms with Crippen molar-refractivity contribution in [1.82, 2.24) is 0 Å². The fraction of sp³-hybridized carbons (Fsp3) is 0.294. The normalized spacial score (nSPS) is 14.9. The van der Waals surface area contributed by atoms with Crippen LogP contribution < -0.4 is 9.47 Å². The third-order valence-electron chi connectivity index (χ3n) is 3.47. The van der Waals surface area contributed by atoms with Crippen LogP contribution in [0.5, 0.6) is 11.5 Å². The van der Waals surface area contributed by atoms with Gasteiger partial charge in [-0.2, -0.15) is 0 Å². The molecule has 0 bridgehead atoms. The summed E-state index contributed by atoms with van der Waals surface area (Å²) in [6.45, 7) is 5.34. The van der Waals surface area contributed by atoms with Crippen molar-refractivity contribution in [3.63, 3.8) is 0 Å². The molecule has 3 rings (SSSR count). The smallest absolute Gasteiger partial charge is 0.162 e. The maximum absolute atomic E-state index is 6.42. The van der Waals surface area contributed by atoms with E-state index in [2.05, 4.69) is 48.0 Å². The summed E-state index contributed by atoms with van der Waals surface area (Å²) in [7, 11) is 0. The maximum atomic E-state index is 6.42. The molecule has 1 aliphatic rings. The maximum Gasteiger partial charge on any atom is 0.162 e. The zero-order chi connectivity index (χ0) is 15.0. The number of ether oxygens (including phenoxy) is 2. The van der Waals surface area contributed by atoms with Gasteiger partial charge in [-0.15, -0.1) is 0 Å². The van der Waals surface area contributed by atoms with E-state index in [1.807, 2.05) is 12.1 Å². The van der Waals surface area contributed by atoms with Crippen LogP contribution in [0.4, 0.5) is 0 Å². The Morgan fingerprint density at radius 2 is 1.52 bits per heavy atom. The molecule has 0 saturated carbocycles. The Morgan fingerprint density at radius 1 is 0.952 bits per heavy atom. The molecule has 110 valence electrons. The molecule has 2 aromatic rings. The minimum Gasteiger partial charge on any atom is -0.486 e. The number of benzene rings is 2. The van der Waals surface area contributed by atoms with E-state index >= 15 is 0 Å². The number of hydrogen-bond acceptors (Lipinski definition) is 2. The van der Waals surface area contributed by atoms with Gasteiger partial charge in [0.15, 0.2) is 11.5 Å². The summed E-state index contributed by atoms with van der Waals surface area (Å²) in [5, 5.41) is 0.681. The Labute approximate surface area is 138 Å². The largest absolute Gasteiger partial charge is 0.486 e. The van der Waals surface area contributed by atoms with Crippen LogP contribution in [-0.2, 0) is 0 Å². The summed E-state index contributed by atoms with van der Waals surface area (Å²) in [5.74, 6) is 1.48. The summed E-state index contributed by atoms with van der Waals surface area (Å²) in [5.41, 5.74) is 4.66. The number of halogens is 2. The van der Waals surface area contributed by atoms with Gasteiger partial charge in [0.1, 0.15) is 13.2 Å². The highest BCUT2D eigenvalue weighted by Gasteiger charge is 2.20. The van der Waals surface area contributed by atoms with E-state index in [1.165, 1.54) is 16.7 Å². The summed E-state index contributed by atoms with van der Waals surface area (Å²) in [4.78, 5) is 0.0272. The van der Waals surface area contributed by atoms with Crippen LogP contribution in [0.1, 0.15) is 27.1 Å². The number of fused-ring (bicyclic) bond motifs is 1. The Balaban J connectivity index is 2.02. The first-order valence-electron chi connectivity index (χ1n) is 6.86. The van der Waals surface area contributed by atoms with Crippen LogP contribution in [0.2, 0.25) is 5.02 Å². The third-order valence-corrected chi connectivity index (χ3v) is 4.82. The zero-order valence-corrected chi connectivity index (χ0v) is 14.3. The van der Waals surface area contributed by atoms with Gasteiger partial charge in [0.25, 0.3) is 0 Å². The molecular weight excluding hydrogens is 352 g/mol. The number of hydrogen-bond donors (Lipinski definition) is 0. The molecule has 0 saturated heterocycles. The quantitative estimate of drug-likeness (QED) is 0.678. The average molecular weight is 368 g/mol. The average Bonchev–Trinajstić information content (AvgIpc) is 2.44. The van der Waals surface area contributed by atoms with E-state index < -0.39 is 0 Å². The lowest BCUT2D eigenvalue weighted by Gasteiger charge is -2.21. The first kappa shape index (κ1) is 14.7. The molecule has 1 atom stereocenters. The summed E-state index contributed by atoms with van der Waals surface area (Å²) < 4.78 is 11.2. The van der Waals surface area contributed by atoms with Gasteiger partial charge in [-0.05, 0) is 31.0 Å². The van der Waals surface area contributed by atoms with Crippen molar-refractivity contribution in [3.8, 4) is 11.5 Å². The zero-order valence-electron chi connectivity index (χ0n) is 12.0. The second kappa shape index (κ2) is 5.90. The molecule has 0 aromatic heterocycles. The van der Waals surface area contributed by atoms with Gasteiger partial charge in [-0.1, -0.05) is 56.9 Å². The fourth-order valence-electron chi connectivity index (χ4n) is 2.61. The highest BCUT2D eigenvalue weighted by molar-refractivity contribution is 9.09. The molecule has 0 fully saturated rings. The number of rotatable bonds is 2. The first-order chi connectivity index (χ1) is 10.0. The van der Waals surface area contributed by atoms with Crippen molar-refractivity contribution < 1.29 is 9.47 Å². The van der Waals surface area contributed by atoms with Crippen molar-refractivity contribution in [2.24, 2.45) is 0 Å². The van der Waals surface area contributed by atoms with E-state index in [4.69, 9.17) is 21.1 Å². The minimum absolute atomic E-state index is 0.0272. The molecule has 2 aromatic carbocycles. The van der Waals surface area contributed by atoms with Crippen molar-refractivity contribution in [1.29, 1.82) is 0 Å². The lowest BCUT2D eigenvalue weighted by Crippen LogP contribution is -2.15. The third kappa shape index (κ3) is 3.04. The summed E-state index contributed by atoms with van der Waals surface area (Å²) >= 11 is 10.2. The van der Waals surface area contributed by atoms with Gasteiger partial charge in [0.05, 0.1) is 4.83 Å². The number of alkyl halides is 1. The van der Waals surface area contributed by atoms with Crippen molar-refractivity contribution in [2.75, 3.05) is 13.2 Å². The SMILES string of the molecule is Cc1cc(C)cc(C(Br)c2cc3c(cc2Cl)OCCO3)c1. The van der Waals surface area contributed by atoms with Crippen LogP contribution in [0.15, 0.2) is 30.3 Å². The van der Waals surface area contributed by atoms with Crippen LogP contribution in [0.3, 0.4) is 0 Å². The molecule has 2 nitrogen and oxygen atoms in total. The minimum atomic E-state index is 0.0272. The number of aryl methyl sites for hydroxylation is 2. The van der Waals surface area contributed by atoms with Gasteiger partial charge in [-0.3, -0.25) is 0 Å². The van der Waals surface area contributed by atoms with E-state index in [9.17, 15) is 0 Å². The predicted octanol–water partition coefficient (Wildman–Crippen LogP) is 5.21. The van der Waals surface area contributed by atoms with Crippen molar-refractivity contribution in [3.05, 3.63) is 57.6 Å². The Hall–Kier alpha value is -1.19. The van der Waals surface area contributed by atoms with Gasteiger partial charge < -0.3 is 9.47 Å². The lowest BCUT2D eigenvalue weighted by atomic mass is 10.00. The van der Waals surface area contributed by atoms with Crippen LogP contribution >= 0.6 is 27.5 Å². The van der Waals surface area contributed by atoms with Crippen LogP contribution in [0.25, 0.3) is 0 Å². The first-order valence-corrected chi connectivity index (χ1v) is 8.15. The molecule has 0 radical (unpaired) electrons. The van der Waals surface area contributed by atoms with Crippen molar-refractivity contribution >= 4 is 27.5 Å². The standard InChI is InChI=1S/C17H16BrClO2/c1-10-5-11(2)7-12(6-10)17(18)13-8-15-16(9-14(13)19)21-4-3-20-15/h5-9,17H,3-4H2,1-2H3. The van der Waals surface area contributed by atoms with Crippen molar-refractivity contribution in [2.45, 2.75) is 18.7 Å². The molecule has 0 amide bonds. The van der Waals surface area contributed by atoms with Crippen LogP contribution in [0, 0.1) is 13.8 Å². The molecule has 1 heterocycles. The van der Waals surface area contributed by atoms with Gasteiger partial charge in [0, 0.05) is 11.1 Å². The van der Waals surface area contributed by atoms with E-state index in [0.29, 0.717) is 18.2 Å². The fourth-order valence-corrected chi connectivity index (χ4v) is 3.65. The van der Waals surface area contributed by atoms with E-state index in [1.54, 1.807) is 0 Å². The lowest BCUT2D eigenvalue weighted by molar-refractivity contribution is 0.171. The Bertz CT molecular complexity index is 664. The molecule has 1 aliphatic heterocycles. The van der Waals surface area contributed by atoms with Gasteiger partial charge in [-0.25, -0.2) is 0 Å². The Morgan fingerprint density at radius 3 is 2.14 bits per heavy atom. The van der Waals surface area contributed by atoms with E-state index in [0.717, 1.165) is 17.1 Å². The van der Waals surface area contributed by atoms with E-state index in [-0.39, 0.29) is 4.83 Å². The highest BCUT2D eigenvalue weighted by Crippen LogP contribution is 2.42. The molecular formula is C17H16BrClO2. The summed E-state index contributed by atoms with van der Waals surface area (Å²) in [6.07, 6.45) is 0. The monoisotopic (exact) mass is 366 g/mol. The topological polar surface area (TPSA) is 18.5 Å². The highest BCUT2D eigenvalue weighted by atomic mass is 79.9. The molecule has 0 N–H and O–H groups in total. The summed E-state index contributed by atoms with van der Waals surface area (Å²) in [6, 6.07) is 10.3. The second-order valence-corrected chi connectivity index (χ2v) is 6.62. The molecule has 4 heteroatoms. The van der Waals surface area contributed by atoms with Gasteiger partial charge >= 0.3 is 0 Å². The second-order valence-electron chi connectivity index (χ2n) is 5.30. The predicted molar refractivity (Wildman–Crippen MR) is 89.1 cm³/mol. The Kier molecular flexibility index (Phi) is 4.14. The van der Waals surface area contributed by atoms with Crippen LogP contribution in [-0.4, -0.2) is 13.2 Å². The molecule has 21 heavy (non-hydrogen) atoms.